The quantitative estimate of drug-likeness (QED) is 0.835. The zero-order chi connectivity index (χ0) is 13.3. The number of hydrogen-bond acceptors (Lipinski definition) is 3. The predicted molar refractivity (Wildman–Crippen MR) is 74.9 cm³/mol. The number of aromatic nitrogens is 2. The van der Waals surface area contributed by atoms with Gasteiger partial charge in [-0.05, 0) is 51.1 Å². The van der Waals surface area contributed by atoms with Crippen molar-refractivity contribution < 1.29 is 4.74 Å². The Bertz CT molecular complexity index is 419. The van der Waals surface area contributed by atoms with Crippen LogP contribution in [0.15, 0.2) is 12.4 Å². The maximum Gasteiger partial charge on any atom is 0.0628 e. The van der Waals surface area contributed by atoms with Gasteiger partial charge in [-0.2, -0.15) is 5.10 Å². The summed E-state index contributed by atoms with van der Waals surface area (Å²) >= 11 is 0. The molecule has 1 saturated carbocycles. The maximum atomic E-state index is 5.62. The first-order valence-electron chi connectivity index (χ1n) is 7.52. The molecule has 0 aromatic carbocycles. The molecule has 2 heterocycles. The molecule has 1 atom stereocenters. The van der Waals surface area contributed by atoms with Crippen molar-refractivity contribution in [2.45, 2.75) is 51.8 Å². The van der Waals surface area contributed by atoms with E-state index in [0.29, 0.717) is 11.5 Å². The zero-order valence-electron chi connectivity index (χ0n) is 12.1. The van der Waals surface area contributed by atoms with Gasteiger partial charge in [0.2, 0.25) is 0 Å². The van der Waals surface area contributed by atoms with Crippen LogP contribution < -0.4 is 0 Å². The molecule has 1 unspecified atom stereocenters. The summed E-state index contributed by atoms with van der Waals surface area (Å²) in [5, 5.41) is 4.35. The third-order valence-electron chi connectivity index (χ3n) is 5.14. The van der Waals surface area contributed by atoms with Crippen LogP contribution in [0.1, 0.15) is 38.2 Å². The minimum absolute atomic E-state index is 0.513. The van der Waals surface area contributed by atoms with Crippen LogP contribution in [0.3, 0.4) is 0 Å². The smallest absolute Gasteiger partial charge is 0.0628 e. The average molecular weight is 263 g/mol. The van der Waals surface area contributed by atoms with Gasteiger partial charge in [-0.3, -0.25) is 9.58 Å². The second kappa shape index (κ2) is 5.25. The number of ether oxygens (including phenoxy) is 1. The Kier molecular flexibility index (Phi) is 3.63. The molecule has 19 heavy (non-hydrogen) atoms. The highest BCUT2D eigenvalue weighted by Crippen LogP contribution is 2.50. The van der Waals surface area contributed by atoms with Crippen molar-refractivity contribution in [3.05, 3.63) is 18.0 Å². The van der Waals surface area contributed by atoms with Crippen LogP contribution in [0, 0.1) is 5.41 Å². The van der Waals surface area contributed by atoms with Gasteiger partial charge in [-0.25, -0.2) is 0 Å². The molecule has 1 aliphatic heterocycles. The number of nitrogens with zero attached hydrogens (tertiary/aromatic N) is 3. The number of hydrogen-bond donors (Lipinski definition) is 0. The molecule has 3 rings (SSSR count). The van der Waals surface area contributed by atoms with Gasteiger partial charge in [0.15, 0.2) is 0 Å². The van der Waals surface area contributed by atoms with Crippen LogP contribution in [-0.2, 0) is 17.8 Å². The number of methoxy groups -OCH3 is 1. The van der Waals surface area contributed by atoms with Gasteiger partial charge in [-0.15, -0.1) is 0 Å². The summed E-state index contributed by atoms with van der Waals surface area (Å²) in [6, 6.07) is 0. The van der Waals surface area contributed by atoms with Crippen molar-refractivity contribution in [2.75, 3.05) is 20.2 Å². The SMILES string of the molecule is CCn1cc(CN2CCC3(CCC3OC)CC2)cn1. The fourth-order valence-corrected chi connectivity index (χ4v) is 3.69. The predicted octanol–water partition coefficient (Wildman–Crippen LogP) is 2.29. The fraction of sp³-hybridized carbons (Fsp3) is 0.800. The highest BCUT2D eigenvalue weighted by atomic mass is 16.5. The lowest BCUT2D eigenvalue weighted by atomic mass is 9.61. The molecule has 1 aliphatic carbocycles. The average Bonchev–Trinajstić information content (AvgIpc) is 2.87. The summed E-state index contributed by atoms with van der Waals surface area (Å²) in [6.45, 7) is 6.55. The van der Waals surface area contributed by atoms with Gasteiger partial charge in [0, 0.05) is 32.0 Å². The number of rotatable bonds is 4. The monoisotopic (exact) mass is 263 g/mol. The van der Waals surface area contributed by atoms with E-state index in [-0.39, 0.29) is 0 Å². The molecule has 0 amide bonds. The highest BCUT2D eigenvalue weighted by Gasteiger charge is 2.48. The van der Waals surface area contributed by atoms with E-state index in [1.807, 2.05) is 18.0 Å². The summed E-state index contributed by atoms with van der Waals surface area (Å²) in [6.07, 6.45) is 9.94. The van der Waals surface area contributed by atoms with Crippen molar-refractivity contribution in [3.8, 4) is 0 Å². The van der Waals surface area contributed by atoms with Crippen molar-refractivity contribution >= 4 is 0 Å². The van der Waals surface area contributed by atoms with Crippen LogP contribution in [0.25, 0.3) is 0 Å². The second-order valence-corrected chi connectivity index (χ2v) is 6.11. The molecule has 1 aromatic rings. The Hall–Kier alpha value is -0.870. The Labute approximate surface area is 115 Å². The van der Waals surface area contributed by atoms with Crippen LogP contribution in [0.4, 0.5) is 0 Å². The molecule has 106 valence electrons. The Morgan fingerprint density at radius 1 is 1.37 bits per heavy atom. The van der Waals surface area contributed by atoms with Gasteiger partial charge >= 0.3 is 0 Å². The molecule has 2 fully saturated rings. The van der Waals surface area contributed by atoms with Crippen molar-refractivity contribution in [2.24, 2.45) is 5.41 Å². The molecule has 0 bridgehead atoms. The lowest BCUT2D eigenvalue weighted by molar-refractivity contribution is -0.120. The first kappa shape index (κ1) is 13.1. The largest absolute Gasteiger partial charge is 0.381 e. The van der Waals surface area contributed by atoms with Crippen LogP contribution in [0.2, 0.25) is 0 Å². The van der Waals surface area contributed by atoms with Crippen molar-refractivity contribution in [3.63, 3.8) is 0 Å². The molecule has 1 spiro atoms. The Morgan fingerprint density at radius 2 is 2.16 bits per heavy atom. The van der Waals surface area contributed by atoms with Crippen molar-refractivity contribution in [1.82, 2.24) is 14.7 Å². The van der Waals surface area contributed by atoms with Gasteiger partial charge in [0.05, 0.1) is 12.3 Å². The fourth-order valence-electron chi connectivity index (χ4n) is 3.69. The molecular formula is C15H25N3O. The Balaban J connectivity index is 1.53. The van der Waals surface area contributed by atoms with E-state index in [2.05, 4.69) is 23.1 Å². The third-order valence-corrected chi connectivity index (χ3v) is 5.14. The van der Waals surface area contributed by atoms with E-state index < -0.39 is 0 Å². The summed E-state index contributed by atoms with van der Waals surface area (Å²) in [4.78, 5) is 2.56. The Morgan fingerprint density at radius 3 is 2.68 bits per heavy atom. The highest BCUT2D eigenvalue weighted by molar-refractivity contribution is 5.05. The zero-order valence-corrected chi connectivity index (χ0v) is 12.1. The number of aryl methyl sites for hydroxylation is 1. The standard InChI is InChI=1S/C15H25N3O/c1-3-18-12-13(10-16-18)11-17-8-6-15(7-9-17)5-4-14(15)19-2/h10,12,14H,3-9,11H2,1-2H3. The van der Waals surface area contributed by atoms with Crippen LogP contribution >= 0.6 is 0 Å². The lowest BCUT2D eigenvalue weighted by Gasteiger charge is -2.53. The molecule has 4 nitrogen and oxygen atoms in total. The van der Waals surface area contributed by atoms with E-state index in [4.69, 9.17) is 4.74 Å². The van der Waals surface area contributed by atoms with Gasteiger partial charge in [0.1, 0.15) is 0 Å². The molecular weight excluding hydrogens is 238 g/mol. The molecule has 0 radical (unpaired) electrons. The van der Waals surface area contributed by atoms with Gasteiger partial charge < -0.3 is 4.74 Å². The summed E-state index contributed by atoms with van der Waals surface area (Å²) < 4.78 is 7.63. The molecule has 0 N–H and O–H groups in total. The van der Waals surface area contributed by atoms with E-state index in [9.17, 15) is 0 Å². The van der Waals surface area contributed by atoms with Gasteiger partial charge in [-0.1, -0.05) is 0 Å². The summed E-state index contributed by atoms with van der Waals surface area (Å²) in [5.74, 6) is 0. The second-order valence-electron chi connectivity index (χ2n) is 6.11. The number of likely N-dealkylation sites (tertiary alicyclic amines) is 1. The molecule has 2 aliphatic rings. The van der Waals surface area contributed by atoms with Crippen LogP contribution in [0.5, 0.6) is 0 Å². The molecule has 1 saturated heterocycles. The minimum Gasteiger partial charge on any atom is -0.381 e. The third kappa shape index (κ3) is 2.43. The summed E-state index contributed by atoms with van der Waals surface area (Å²) in [7, 11) is 1.87. The maximum absolute atomic E-state index is 5.62. The van der Waals surface area contributed by atoms with E-state index in [0.717, 1.165) is 13.1 Å². The van der Waals surface area contributed by atoms with Gasteiger partial charge in [0.25, 0.3) is 0 Å². The summed E-state index contributed by atoms with van der Waals surface area (Å²) in [5.41, 5.74) is 1.86. The van der Waals surface area contributed by atoms with E-state index in [1.54, 1.807) is 0 Å². The lowest BCUT2D eigenvalue weighted by Crippen LogP contribution is -2.52. The normalized spacial score (nSPS) is 26.5. The first-order valence-corrected chi connectivity index (χ1v) is 7.52. The van der Waals surface area contributed by atoms with Crippen molar-refractivity contribution in [1.29, 1.82) is 0 Å². The molecule has 4 heteroatoms. The minimum atomic E-state index is 0.513. The first-order chi connectivity index (χ1) is 9.25. The van der Waals surface area contributed by atoms with Crippen LogP contribution in [-0.4, -0.2) is 41.0 Å². The topological polar surface area (TPSA) is 30.3 Å². The molecule has 1 aromatic heterocycles. The number of piperidine rings is 1. The van der Waals surface area contributed by atoms with E-state index in [1.165, 1.54) is 44.3 Å². The van der Waals surface area contributed by atoms with E-state index >= 15 is 0 Å².